The first-order valence-corrected chi connectivity index (χ1v) is 10.9. The molecule has 2 atom stereocenters. The number of ether oxygens (including phenoxy) is 2. The van der Waals surface area contributed by atoms with Crippen molar-refractivity contribution in [2.24, 2.45) is 0 Å². The summed E-state index contributed by atoms with van der Waals surface area (Å²) in [6.07, 6.45) is -0.373. The first-order valence-electron chi connectivity index (χ1n) is 9.42. The zero-order chi connectivity index (χ0) is 21.2. The van der Waals surface area contributed by atoms with Crippen molar-refractivity contribution in [3.8, 4) is 5.75 Å². The Morgan fingerprint density at radius 3 is 2.48 bits per heavy atom. The number of carbonyl (C=O) groups excluding carboxylic acids is 1. The lowest BCUT2D eigenvalue weighted by Crippen LogP contribution is -2.48. The van der Waals surface area contributed by atoms with Crippen LogP contribution in [0.15, 0.2) is 47.4 Å². The van der Waals surface area contributed by atoms with Crippen molar-refractivity contribution in [3.63, 3.8) is 0 Å². The molecule has 29 heavy (non-hydrogen) atoms. The lowest BCUT2D eigenvalue weighted by Gasteiger charge is -2.34. The number of sulfonamides is 1. The topological polar surface area (TPSA) is 84.9 Å². The smallest absolute Gasteiger partial charge is 0.255 e. The summed E-state index contributed by atoms with van der Waals surface area (Å²) in [5, 5.41) is 2.80. The summed E-state index contributed by atoms with van der Waals surface area (Å²) in [4.78, 5) is 12.8. The monoisotopic (exact) mass is 418 g/mol. The minimum atomic E-state index is -3.73. The van der Waals surface area contributed by atoms with Crippen LogP contribution >= 0.6 is 0 Å². The Balaban J connectivity index is 1.86. The number of hydrogen-bond donors (Lipinski definition) is 1. The van der Waals surface area contributed by atoms with E-state index in [1.54, 1.807) is 24.3 Å². The number of carbonyl (C=O) groups is 1. The molecule has 2 aromatic rings. The summed E-state index contributed by atoms with van der Waals surface area (Å²) < 4.78 is 38.5. The predicted octanol–water partition coefficient (Wildman–Crippen LogP) is 3.05. The highest BCUT2D eigenvalue weighted by atomic mass is 32.2. The Morgan fingerprint density at radius 2 is 1.83 bits per heavy atom. The minimum Gasteiger partial charge on any atom is -0.495 e. The first kappa shape index (κ1) is 21.3. The van der Waals surface area contributed by atoms with Gasteiger partial charge in [-0.1, -0.05) is 12.1 Å². The van der Waals surface area contributed by atoms with Gasteiger partial charge >= 0.3 is 0 Å². The highest BCUT2D eigenvalue weighted by Gasteiger charge is 2.32. The Bertz CT molecular complexity index is 996. The van der Waals surface area contributed by atoms with Crippen molar-refractivity contribution in [1.82, 2.24) is 4.31 Å². The van der Waals surface area contributed by atoms with Crippen molar-refractivity contribution >= 4 is 21.6 Å². The number of aryl methyl sites for hydroxylation is 1. The normalized spacial score (nSPS) is 20.3. The van der Waals surface area contributed by atoms with E-state index < -0.39 is 15.9 Å². The average Bonchev–Trinajstić information content (AvgIpc) is 2.67. The molecule has 1 aliphatic heterocycles. The van der Waals surface area contributed by atoms with Gasteiger partial charge in [0.05, 0.1) is 29.9 Å². The van der Waals surface area contributed by atoms with E-state index in [-0.39, 0.29) is 35.8 Å². The molecule has 8 heteroatoms. The number of nitrogens with zero attached hydrogens (tertiary/aromatic N) is 1. The first-order chi connectivity index (χ1) is 13.7. The number of morpholine rings is 1. The summed E-state index contributed by atoms with van der Waals surface area (Å²) in [7, 11) is -2.20. The largest absolute Gasteiger partial charge is 0.495 e. The fraction of sp³-hybridized carbons (Fsp3) is 0.381. The molecule has 1 saturated heterocycles. The van der Waals surface area contributed by atoms with Crippen LogP contribution in [0, 0.1) is 6.92 Å². The van der Waals surface area contributed by atoms with Crippen LogP contribution in [0.2, 0.25) is 0 Å². The molecular formula is C21H26N2O5S. The van der Waals surface area contributed by atoms with Crippen LogP contribution in [0.4, 0.5) is 5.69 Å². The van der Waals surface area contributed by atoms with Gasteiger partial charge in [-0.15, -0.1) is 0 Å². The van der Waals surface area contributed by atoms with Crippen molar-refractivity contribution < 1.29 is 22.7 Å². The van der Waals surface area contributed by atoms with Crippen LogP contribution in [0.3, 0.4) is 0 Å². The van der Waals surface area contributed by atoms with Crippen LogP contribution in [-0.4, -0.2) is 51.0 Å². The predicted molar refractivity (Wildman–Crippen MR) is 111 cm³/mol. The number of amides is 1. The standard InChI is InChI=1S/C21H26N2O5S/c1-14-8-9-20(27-4)19(10-14)22-21(24)17-6-5-7-18(11-17)29(25,26)23-12-15(2)28-16(3)13-23/h5-11,15-16H,12-13H2,1-4H3,(H,22,24)/t15-,16+. The second-order valence-corrected chi connectivity index (χ2v) is 9.20. The molecule has 156 valence electrons. The molecule has 3 rings (SSSR count). The highest BCUT2D eigenvalue weighted by Crippen LogP contribution is 2.26. The Hall–Kier alpha value is -2.42. The maximum atomic E-state index is 13.1. The van der Waals surface area contributed by atoms with E-state index in [1.165, 1.54) is 23.5 Å². The van der Waals surface area contributed by atoms with Crippen molar-refractivity contribution in [2.45, 2.75) is 37.9 Å². The van der Waals surface area contributed by atoms with E-state index in [1.807, 2.05) is 26.8 Å². The van der Waals surface area contributed by atoms with Crippen LogP contribution in [-0.2, 0) is 14.8 Å². The lowest BCUT2D eigenvalue weighted by atomic mass is 10.1. The number of methoxy groups -OCH3 is 1. The summed E-state index contributed by atoms with van der Waals surface area (Å²) in [5.41, 5.74) is 1.75. The molecule has 1 N–H and O–H groups in total. The van der Waals surface area contributed by atoms with Gasteiger partial charge < -0.3 is 14.8 Å². The number of nitrogens with one attached hydrogen (secondary N) is 1. The van der Waals surface area contributed by atoms with E-state index >= 15 is 0 Å². The Labute approximate surface area is 171 Å². The third-order valence-corrected chi connectivity index (χ3v) is 6.55. The molecule has 2 aromatic carbocycles. The number of rotatable bonds is 5. The average molecular weight is 419 g/mol. The summed E-state index contributed by atoms with van der Waals surface area (Å²) in [6.45, 7) is 6.16. The van der Waals surface area contributed by atoms with Crippen molar-refractivity contribution in [2.75, 3.05) is 25.5 Å². The quantitative estimate of drug-likeness (QED) is 0.807. The fourth-order valence-electron chi connectivity index (χ4n) is 3.39. The second kappa shape index (κ2) is 8.52. The zero-order valence-corrected chi connectivity index (χ0v) is 17.8. The summed E-state index contributed by atoms with van der Waals surface area (Å²) in [5.74, 6) is 0.124. The lowest BCUT2D eigenvalue weighted by molar-refractivity contribution is -0.0440. The minimum absolute atomic E-state index is 0.0858. The highest BCUT2D eigenvalue weighted by molar-refractivity contribution is 7.89. The maximum Gasteiger partial charge on any atom is 0.255 e. The molecule has 1 fully saturated rings. The van der Waals surface area contributed by atoms with Crippen LogP contribution in [0.1, 0.15) is 29.8 Å². The van der Waals surface area contributed by atoms with Gasteiger partial charge in [0, 0.05) is 18.7 Å². The van der Waals surface area contributed by atoms with Crippen LogP contribution in [0.5, 0.6) is 5.75 Å². The third-order valence-electron chi connectivity index (χ3n) is 4.72. The second-order valence-electron chi connectivity index (χ2n) is 7.27. The van der Waals surface area contributed by atoms with E-state index in [9.17, 15) is 13.2 Å². The van der Waals surface area contributed by atoms with E-state index in [4.69, 9.17) is 9.47 Å². The van der Waals surface area contributed by atoms with Gasteiger partial charge in [0.1, 0.15) is 5.75 Å². The van der Waals surface area contributed by atoms with Gasteiger partial charge in [0.25, 0.3) is 5.91 Å². The summed E-state index contributed by atoms with van der Waals surface area (Å²) >= 11 is 0. The third kappa shape index (κ3) is 4.77. The molecule has 1 amide bonds. The SMILES string of the molecule is COc1ccc(C)cc1NC(=O)c1cccc(S(=O)(=O)N2C[C@@H](C)O[C@@H](C)C2)c1. The number of anilines is 1. The Kier molecular flexibility index (Phi) is 6.26. The summed E-state index contributed by atoms with van der Waals surface area (Å²) in [6, 6.07) is 11.5. The van der Waals surface area contributed by atoms with Gasteiger partial charge in [-0.05, 0) is 56.7 Å². The van der Waals surface area contributed by atoms with E-state index in [0.717, 1.165) is 5.56 Å². The molecule has 1 aliphatic rings. The molecule has 7 nitrogen and oxygen atoms in total. The van der Waals surface area contributed by atoms with Gasteiger partial charge in [0.2, 0.25) is 10.0 Å². The van der Waals surface area contributed by atoms with Crippen LogP contribution < -0.4 is 10.1 Å². The van der Waals surface area contributed by atoms with Crippen molar-refractivity contribution in [3.05, 3.63) is 53.6 Å². The van der Waals surface area contributed by atoms with Gasteiger partial charge in [-0.3, -0.25) is 4.79 Å². The van der Waals surface area contributed by atoms with Gasteiger partial charge in [-0.2, -0.15) is 4.31 Å². The molecule has 0 radical (unpaired) electrons. The molecular weight excluding hydrogens is 392 g/mol. The van der Waals surface area contributed by atoms with Gasteiger partial charge in [0.15, 0.2) is 0 Å². The van der Waals surface area contributed by atoms with E-state index in [2.05, 4.69) is 5.32 Å². The number of hydrogen-bond acceptors (Lipinski definition) is 5. The molecule has 1 heterocycles. The molecule has 0 unspecified atom stereocenters. The zero-order valence-electron chi connectivity index (χ0n) is 17.0. The molecule has 0 spiro atoms. The molecule has 0 bridgehead atoms. The molecule has 0 aromatic heterocycles. The fourth-order valence-corrected chi connectivity index (χ4v) is 5.02. The van der Waals surface area contributed by atoms with Crippen molar-refractivity contribution in [1.29, 1.82) is 0 Å². The molecule has 0 saturated carbocycles. The number of benzene rings is 2. The van der Waals surface area contributed by atoms with Crippen LogP contribution in [0.25, 0.3) is 0 Å². The molecule has 0 aliphatic carbocycles. The Morgan fingerprint density at radius 1 is 1.14 bits per heavy atom. The van der Waals surface area contributed by atoms with E-state index in [0.29, 0.717) is 11.4 Å². The maximum absolute atomic E-state index is 13.1. The van der Waals surface area contributed by atoms with Gasteiger partial charge in [-0.25, -0.2) is 8.42 Å².